The quantitative estimate of drug-likeness (QED) is 0.476. The number of Topliss-reactive ketones (excluding diaryl/α,β-unsaturated/α-hetero) is 1. The Labute approximate surface area is 202 Å². The summed E-state index contributed by atoms with van der Waals surface area (Å²) in [5.41, 5.74) is 4.69. The molecule has 0 saturated carbocycles. The van der Waals surface area contributed by atoms with E-state index in [2.05, 4.69) is 72.5 Å². The fourth-order valence-corrected chi connectivity index (χ4v) is 5.67. The second-order valence-corrected chi connectivity index (χ2v) is 10.0. The minimum absolute atomic E-state index is 0.0962. The van der Waals surface area contributed by atoms with Gasteiger partial charge in [0.15, 0.2) is 11.5 Å². The van der Waals surface area contributed by atoms with E-state index in [0.717, 1.165) is 49.5 Å². The van der Waals surface area contributed by atoms with Crippen LogP contribution >= 0.6 is 0 Å². The zero-order valence-electron chi connectivity index (χ0n) is 20.3. The second-order valence-electron chi connectivity index (χ2n) is 10.0. The maximum absolute atomic E-state index is 12.9. The molecule has 1 saturated heterocycles. The molecule has 1 aliphatic carbocycles. The Morgan fingerprint density at radius 3 is 2.29 bits per heavy atom. The zero-order chi connectivity index (χ0) is 23.7. The predicted octanol–water partition coefficient (Wildman–Crippen LogP) is 5.44. The molecule has 1 heterocycles. The third kappa shape index (κ3) is 4.35. The van der Waals surface area contributed by atoms with Crippen LogP contribution in [0.5, 0.6) is 11.5 Å². The fraction of sp³-hybridized carbons (Fsp3) is 0.367. The molecule has 4 nitrogen and oxygen atoms in total. The lowest BCUT2D eigenvalue weighted by Crippen LogP contribution is -2.33. The van der Waals surface area contributed by atoms with Crippen LogP contribution < -0.4 is 9.47 Å². The molecule has 176 valence electrons. The Bertz CT molecular complexity index is 1150. The lowest BCUT2D eigenvalue weighted by molar-refractivity contribution is -0.125. The highest BCUT2D eigenvalue weighted by Gasteiger charge is 2.47. The average Bonchev–Trinajstić information content (AvgIpc) is 3.40. The van der Waals surface area contributed by atoms with Crippen molar-refractivity contribution >= 4 is 5.78 Å². The van der Waals surface area contributed by atoms with Crippen LogP contribution in [0.3, 0.4) is 0 Å². The number of hydrogen-bond donors (Lipinski definition) is 0. The molecule has 1 unspecified atom stereocenters. The van der Waals surface area contributed by atoms with Crippen molar-refractivity contribution in [2.75, 3.05) is 20.2 Å². The first-order valence-corrected chi connectivity index (χ1v) is 12.1. The van der Waals surface area contributed by atoms with Gasteiger partial charge in [-0.2, -0.15) is 0 Å². The highest BCUT2D eigenvalue weighted by atomic mass is 16.5. The van der Waals surface area contributed by atoms with Gasteiger partial charge in [-0.25, -0.2) is 0 Å². The third-order valence-corrected chi connectivity index (χ3v) is 7.71. The summed E-state index contributed by atoms with van der Waals surface area (Å²) in [5, 5.41) is 0. The van der Waals surface area contributed by atoms with E-state index in [1.54, 1.807) is 14.0 Å². The van der Waals surface area contributed by atoms with Gasteiger partial charge >= 0.3 is 0 Å². The van der Waals surface area contributed by atoms with Gasteiger partial charge in [0, 0.05) is 43.8 Å². The van der Waals surface area contributed by atoms with Crippen LogP contribution in [0.1, 0.15) is 42.0 Å². The van der Waals surface area contributed by atoms with Gasteiger partial charge in [-0.05, 0) is 41.3 Å². The Kier molecular flexibility index (Phi) is 6.18. The molecule has 2 aliphatic rings. The van der Waals surface area contributed by atoms with E-state index in [-0.39, 0.29) is 17.8 Å². The lowest BCUT2D eigenvalue weighted by atomic mass is 9.73. The van der Waals surface area contributed by atoms with Crippen molar-refractivity contribution in [1.29, 1.82) is 0 Å². The molecule has 1 aliphatic heterocycles. The number of rotatable bonds is 7. The SMILES string of the molecule is COc1ccc(C2CN(Cc3ccccc3)C[C@@]2(C)C(C)=O)cc1OC1Cc2ccccc2C1. The molecule has 3 aromatic rings. The Morgan fingerprint density at radius 2 is 1.65 bits per heavy atom. The first-order chi connectivity index (χ1) is 16.5. The molecule has 0 amide bonds. The lowest BCUT2D eigenvalue weighted by Gasteiger charge is -2.29. The molecule has 0 aromatic heterocycles. The van der Waals surface area contributed by atoms with Crippen LogP contribution in [-0.4, -0.2) is 37.0 Å². The van der Waals surface area contributed by atoms with Crippen LogP contribution in [0, 0.1) is 5.41 Å². The predicted molar refractivity (Wildman–Crippen MR) is 135 cm³/mol. The van der Waals surface area contributed by atoms with Crippen molar-refractivity contribution in [1.82, 2.24) is 4.90 Å². The highest BCUT2D eigenvalue weighted by Crippen LogP contribution is 2.46. The number of carbonyl (C=O) groups is 1. The van der Waals surface area contributed by atoms with E-state index in [9.17, 15) is 4.79 Å². The van der Waals surface area contributed by atoms with E-state index >= 15 is 0 Å². The van der Waals surface area contributed by atoms with Crippen LogP contribution in [0.25, 0.3) is 0 Å². The topological polar surface area (TPSA) is 38.8 Å². The molecule has 2 atom stereocenters. The number of nitrogens with zero attached hydrogens (tertiary/aromatic N) is 1. The molecule has 0 radical (unpaired) electrons. The maximum atomic E-state index is 12.9. The summed E-state index contributed by atoms with van der Waals surface area (Å²) in [6.45, 7) is 6.28. The summed E-state index contributed by atoms with van der Waals surface area (Å²) in [5.74, 6) is 1.84. The number of methoxy groups -OCH3 is 1. The number of ether oxygens (including phenoxy) is 2. The summed E-state index contributed by atoms with van der Waals surface area (Å²) in [7, 11) is 1.68. The molecule has 0 N–H and O–H groups in total. The minimum atomic E-state index is -0.440. The van der Waals surface area contributed by atoms with E-state index in [4.69, 9.17) is 9.47 Å². The van der Waals surface area contributed by atoms with Gasteiger partial charge < -0.3 is 9.47 Å². The van der Waals surface area contributed by atoms with Gasteiger partial charge in [0.05, 0.1) is 7.11 Å². The first kappa shape index (κ1) is 22.7. The van der Waals surface area contributed by atoms with Crippen molar-refractivity contribution in [3.63, 3.8) is 0 Å². The number of benzene rings is 3. The summed E-state index contributed by atoms with van der Waals surface area (Å²) in [6.07, 6.45) is 1.91. The van der Waals surface area contributed by atoms with Crippen molar-refractivity contribution in [2.24, 2.45) is 5.41 Å². The van der Waals surface area contributed by atoms with Gasteiger partial charge in [0.1, 0.15) is 11.9 Å². The molecule has 5 rings (SSSR count). The van der Waals surface area contributed by atoms with Gasteiger partial charge in [-0.3, -0.25) is 9.69 Å². The molecular formula is C30H33NO3. The Balaban J connectivity index is 1.40. The second kappa shape index (κ2) is 9.27. The summed E-state index contributed by atoms with van der Waals surface area (Å²) >= 11 is 0. The Hall–Kier alpha value is -3.11. The summed E-state index contributed by atoms with van der Waals surface area (Å²) in [4.78, 5) is 15.3. The Morgan fingerprint density at radius 1 is 0.971 bits per heavy atom. The monoisotopic (exact) mass is 455 g/mol. The van der Waals surface area contributed by atoms with Crippen molar-refractivity contribution < 1.29 is 14.3 Å². The number of ketones is 1. The highest BCUT2D eigenvalue weighted by molar-refractivity contribution is 5.84. The van der Waals surface area contributed by atoms with Gasteiger partial charge in [0.2, 0.25) is 0 Å². The molecule has 0 bridgehead atoms. The standard InChI is InChI=1S/C30H33NO3/c1-21(32)30(2)20-31(18-22-9-5-4-6-10-22)19-27(30)25-13-14-28(33-3)29(17-25)34-26-15-23-11-7-8-12-24(23)16-26/h4-14,17,26-27H,15-16,18-20H2,1-3H3/t27?,30-/m0/s1. The van der Waals surface area contributed by atoms with E-state index < -0.39 is 5.41 Å². The molecule has 0 spiro atoms. The molecular weight excluding hydrogens is 422 g/mol. The smallest absolute Gasteiger partial charge is 0.161 e. The summed E-state index contributed by atoms with van der Waals surface area (Å²) in [6, 6.07) is 25.2. The van der Waals surface area contributed by atoms with E-state index in [0.29, 0.717) is 0 Å². The normalized spacial score (nSPS) is 22.5. The van der Waals surface area contributed by atoms with Crippen LogP contribution in [0.2, 0.25) is 0 Å². The van der Waals surface area contributed by atoms with Gasteiger partial charge in [0.25, 0.3) is 0 Å². The number of fused-ring (bicyclic) bond motifs is 1. The third-order valence-electron chi connectivity index (χ3n) is 7.71. The van der Waals surface area contributed by atoms with E-state index in [1.807, 2.05) is 12.1 Å². The number of likely N-dealkylation sites (tertiary alicyclic amines) is 1. The number of carbonyl (C=O) groups excluding carboxylic acids is 1. The van der Waals surface area contributed by atoms with Gasteiger partial charge in [-0.1, -0.05) is 67.6 Å². The number of hydrogen-bond acceptors (Lipinski definition) is 4. The van der Waals surface area contributed by atoms with Crippen molar-refractivity contribution in [3.05, 3.63) is 95.1 Å². The average molecular weight is 456 g/mol. The first-order valence-electron chi connectivity index (χ1n) is 12.1. The van der Waals surface area contributed by atoms with Gasteiger partial charge in [-0.15, -0.1) is 0 Å². The maximum Gasteiger partial charge on any atom is 0.161 e. The molecule has 3 aromatic carbocycles. The molecule has 1 fully saturated rings. The van der Waals surface area contributed by atoms with Crippen LogP contribution in [-0.2, 0) is 24.2 Å². The molecule has 4 heteroatoms. The minimum Gasteiger partial charge on any atom is -0.493 e. The summed E-state index contributed by atoms with van der Waals surface area (Å²) < 4.78 is 12.2. The van der Waals surface area contributed by atoms with Crippen LogP contribution in [0.15, 0.2) is 72.8 Å². The zero-order valence-corrected chi connectivity index (χ0v) is 20.3. The largest absolute Gasteiger partial charge is 0.493 e. The van der Waals surface area contributed by atoms with Crippen molar-refractivity contribution in [2.45, 2.75) is 45.3 Å². The van der Waals surface area contributed by atoms with E-state index in [1.165, 1.54) is 16.7 Å². The fourth-order valence-electron chi connectivity index (χ4n) is 5.67. The van der Waals surface area contributed by atoms with Crippen LogP contribution in [0.4, 0.5) is 0 Å². The molecule has 34 heavy (non-hydrogen) atoms. The van der Waals surface area contributed by atoms with Crippen molar-refractivity contribution in [3.8, 4) is 11.5 Å².